The SMILES string of the molecule is CCC(CO)OC.COCC(C)CO. The summed E-state index contributed by atoms with van der Waals surface area (Å²) < 4.78 is 9.53. The maximum Gasteiger partial charge on any atom is 0.0799 e. The zero-order valence-electron chi connectivity index (χ0n) is 9.69. The van der Waals surface area contributed by atoms with Gasteiger partial charge in [0, 0.05) is 26.7 Å². The average Bonchev–Trinajstić information content (AvgIpc) is 2.22. The van der Waals surface area contributed by atoms with Crippen molar-refractivity contribution in [2.75, 3.05) is 34.0 Å². The van der Waals surface area contributed by atoms with Crippen molar-refractivity contribution in [1.29, 1.82) is 0 Å². The molecule has 0 bridgehead atoms. The third kappa shape index (κ3) is 11.8. The van der Waals surface area contributed by atoms with Crippen LogP contribution < -0.4 is 0 Å². The normalized spacial score (nSPS) is 14.1. The molecule has 88 valence electrons. The molecule has 0 amide bonds. The Morgan fingerprint density at radius 3 is 1.79 bits per heavy atom. The molecule has 0 radical (unpaired) electrons. The van der Waals surface area contributed by atoms with Crippen molar-refractivity contribution in [3.05, 3.63) is 0 Å². The van der Waals surface area contributed by atoms with Crippen LogP contribution in [0.15, 0.2) is 0 Å². The van der Waals surface area contributed by atoms with Gasteiger partial charge in [0.1, 0.15) is 0 Å². The van der Waals surface area contributed by atoms with E-state index in [-0.39, 0.29) is 25.2 Å². The summed E-state index contributed by atoms with van der Waals surface area (Å²) in [5.74, 6) is 0.282. The number of hydrogen-bond acceptors (Lipinski definition) is 4. The van der Waals surface area contributed by atoms with Gasteiger partial charge in [0.05, 0.1) is 19.3 Å². The van der Waals surface area contributed by atoms with Gasteiger partial charge in [0.2, 0.25) is 0 Å². The molecule has 2 unspecified atom stereocenters. The fraction of sp³-hybridized carbons (Fsp3) is 1.00. The summed E-state index contributed by atoms with van der Waals surface area (Å²) in [6.45, 7) is 4.91. The van der Waals surface area contributed by atoms with E-state index < -0.39 is 0 Å². The van der Waals surface area contributed by atoms with Gasteiger partial charge in [0.15, 0.2) is 0 Å². The number of aliphatic hydroxyl groups is 2. The lowest BCUT2D eigenvalue weighted by atomic mass is 10.2. The van der Waals surface area contributed by atoms with E-state index in [0.29, 0.717) is 6.61 Å². The van der Waals surface area contributed by atoms with E-state index in [1.54, 1.807) is 14.2 Å². The Bertz CT molecular complexity index is 88.6. The van der Waals surface area contributed by atoms with E-state index >= 15 is 0 Å². The summed E-state index contributed by atoms with van der Waals surface area (Å²) in [7, 11) is 3.23. The third-order valence-electron chi connectivity index (χ3n) is 1.76. The van der Waals surface area contributed by atoms with Crippen molar-refractivity contribution in [2.45, 2.75) is 26.4 Å². The average molecular weight is 208 g/mol. The largest absolute Gasteiger partial charge is 0.396 e. The molecular formula is C10H24O4. The Labute approximate surface area is 86.8 Å². The predicted molar refractivity (Wildman–Crippen MR) is 56.3 cm³/mol. The van der Waals surface area contributed by atoms with Crippen LogP contribution in [0.2, 0.25) is 0 Å². The highest BCUT2D eigenvalue weighted by Gasteiger charge is 1.97. The van der Waals surface area contributed by atoms with Gasteiger partial charge >= 0.3 is 0 Å². The molecule has 0 aromatic heterocycles. The zero-order chi connectivity index (χ0) is 11.4. The first-order chi connectivity index (χ1) is 6.65. The summed E-state index contributed by atoms with van der Waals surface area (Å²) in [6.07, 6.45) is 0.924. The number of rotatable bonds is 6. The molecule has 0 spiro atoms. The number of aliphatic hydroxyl groups excluding tert-OH is 2. The van der Waals surface area contributed by atoms with Gasteiger partial charge in [-0.3, -0.25) is 0 Å². The van der Waals surface area contributed by atoms with E-state index in [1.165, 1.54) is 0 Å². The van der Waals surface area contributed by atoms with Crippen LogP contribution in [0.3, 0.4) is 0 Å². The molecule has 0 aliphatic rings. The van der Waals surface area contributed by atoms with E-state index in [1.807, 2.05) is 13.8 Å². The fourth-order valence-corrected chi connectivity index (χ4v) is 0.708. The van der Waals surface area contributed by atoms with Crippen LogP contribution in [0.25, 0.3) is 0 Å². The topological polar surface area (TPSA) is 58.9 Å². The van der Waals surface area contributed by atoms with Crippen molar-refractivity contribution < 1.29 is 19.7 Å². The van der Waals surface area contributed by atoms with Gasteiger partial charge < -0.3 is 19.7 Å². The molecule has 4 heteroatoms. The van der Waals surface area contributed by atoms with Crippen molar-refractivity contribution >= 4 is 0 Å². The molecule has 4 nitrogen and oxygen atoms in total. The van der Waals surface area contributed by atoms with Crippen molar-refractivity contribution in [2.24, 2.45) is 5.92 Å². The Kier molecular flexibility index (Phi) is 14.9. The van der Waals surface area contributed by atoms with Crippen LogP contribution in [-0.4, -0.2) is 50.4 Å². The molecule has 0 saturated heterocycles. The first kappa shape index (κ1) is 16.3. The fourth-order valence-electron chi connectivity index (χ4n) is 0.708. The van der Waals surface area contributed by atoms with Gasteiger partial charge in [0.25, 0.3) is 0 Å². The molecule has 0 aromatic rings. The lowest BCUT2D eigenvalue weighted by Gasteiger charge is -2.06. The summed E-state index contributed by atoms with van der Waals surface area (Å²) in [5.41, 5.74) is 0. The molecule has 2 N–H and O–H groups in total. The molecular weight excluding hydrogens is 184 g/mol. The quantitative estimate of drug-likeness (QED) is 0.673. The summed E-state index contributed by atoms with van der Waals surface area (Å²) >= 11 is 0. The van der Waals surface area contributed by atoms with E-state index in [4.69, 9.17) is 19.7 Å². The number of hydrogen-bond donors (Lipinski definition) is 2. The minimum atomic E-state index is 0.0417. The van der Waals surface area contributed by atoms with Gasteiger partial charge in [-0.05, 0) is 6.42 Å². The molecule has 0 saturated carbocycles. The minimum absolute atomic E-state index is 0.0417. The third-order valence-corrected chi connectivity index (χ3v) is 1.76. The minimum Gasteiger partial charge on any atom is -0.396 e. The van der Waals surface area contributed by atoms with Crippen molar-refractivity contribution in [3.8, 4) is 0 Å². The Balaban J connectivity index is 0. The summed E-state index contributed by atoms with van der Waals surface area (Å²) in [4.78, 5) is 0. The maximum absolute atomic E-state index is 8.40. The zero-order valence-corrected chi connectivity index (χ0v) is 9.69. The van der Waals surface area contributed by atoms with Crippen LogP contribution in [0, 0.1) is 5.92 Å². The first-order valence-corrected chi connectivity index (χ1v) is 4.89. The molecule has 0 rings (SSSR count). The molecule has 14 heavy (non-hydrogen) atoms. The highest BCUT2D eigenvalue weighted by Crippen LogP contribution is 1.91. The monoisotopic (exact) mass is 208 g/mol. The second kappa shape index (κ2) is 12.8. The standard InChI is InChI=1S/2C5H12O2/c1-5(3-6)4-7-2;1-3-5(4-6)7-2/h2*5-6H,3-4H2,1-2H3. The lowest BCUT2D eigenvalue weighted by molar-refractivity contribution is 0.0467. The molecule has 0 heterocycles. The number of ether oxygens (including phenoxy) is 2. The van der Waals surface area contributed by atoms with Crippen LogP contribution in [0.5, 0.6) is 0 Å². The van der Waals surface area contributed by atoms with Crippen molar-refractivity contribution in [3.63, 3.8) is 0 Å². The van der Waals surface area contributed by atoms with Gasteiger partial charge in [-0.15, -0.1) is 0 Å². The molecule has 0 aliphatic carbocycles. The van der Waals surface area contributed by atoms with Gasteiger partial charge in [-0.1, -0.05) is 13.8 Å². The number of methoxy groups -OCH3 is 2. The Morgan fingerprint density at radius 1 is 1.14 bits per heavy atom. The highest BCUT2D eigenvalue weighted by molar-refractivity contribution is 4.47. The van der Waals surface area contributed by atoms with E-state index in [9.17, 15) is 0 Å². The van der Waals surface area contributed by atoms with E-state index in [0.717, 1.165) is 6.42 Å². The second-order valence-electron chi connectivity index (χ2n) is 3.19. The Hall–Kier alpha value is -0.160. The molecule has 0 aliphatic heterocycles. The van der Waals surface area contributed by atoms with E-state index in [2.05, 4.69) is 0 Å². The van der Waals surface area contributed by atoms with Crippen LogP contribution in [0.4, 0.5) is 0 Å². The van der Waals surface area contributed by atoms with Gasteiger partial charge in [-0.25, -0.2) is 0 Å². The molecule has 0 aromatic carbocycles. The Morgan fingerprint density at radius 2 is 1.71 bits per heavy atom. The predicted octanol–water partition coefficient (Wildman–Crippen LogP) is 0.665. The maximum atomic E-state index is 8.40. The summed E-state index contributed by atoms with van der Waals surface area (Å²) in [5, 5.41) is 16.8. The van der Waals surface area contributed by atoms with Crippen molar-refractivity contribution in [1.82, 2.24) is 0 Å². The van der Waals surface area contributed by atoms with Gasteiger partial charge in [-0.2, -0.15) is 0 Å². The second-order valence-corrected chi connectivity index (χ2v) is 3.19. The van der Waals surface area contributed by atoms with Crippen LogP contribution in [0.1, 0.15) is 20.3 Å². The first-order valence-electron chi connectivity index (χ1n) is 4.89. The smallest absolute Gasteiger partial charge is 0.0799 e. The molecule has 0 fully saturated rings. The highest BCUT2D eigenvalue weighted by atomic mass is 16.5. The van der Waals surface area contributed by atoms with Crippen LogP contribution in [-0.2, 0) is 9.47 Å². The van der Waals surface area contributed by atoms with Crippen LogP contribution >= 0.6 is 0 Å². The summed E-state index contributed by atoms with van der Waals surface area (Å²) in [6, 6.07) is 0. The molecule has 2 atom stereocenters. The lowest BCUT2D eigenvalue weighted by Crippen LogP contribution is -2.13.